The third kappa shape index (κ3) is 14.4. The molecule has 4 aromatic rings. The molecule has 3 atom stereocenters. The molecular formula is C54H66N6O11. The Morgan fingerprint density at radius 2 is 1.07 bits per heavy atom. The molecule has 0 spiro atoms. The number of Topliss-reactive ketones (excluding diaryl/α,β-unsaturated/α-hetero) is 2. The fourth-order valence-electron chi connectivity index (χ4n) is 7.34. The van der Waals surface area contributed by atoms with E-state index < -0.39 is 59.2 Å². The lowest BCUT2D eigenvalue weighted by molar-refractivity contribution is -0.174. The van der Waals surface area contributed by atoms with Crippen molar-refractivity contribution in [2.45, 2.75) is 109 Å². The molecule has 2 aliphatic carbocycles. The van der Waals surface area contributed by atoms with Crippen LogP contribution in [0.15, 0.2) is 82.0 Å². The summed E-state index contributed by atoms with van der Waals surface area (Å²) < 4.78 is 22.2. The van der Waals surface area contributed by atoms with Crippen molar-refractivity contribution in [2.75, 3.05) is 48.0 Å². The third-order valence-corrected chi connectivity index (χ3v) is 12.6. The first-order chi connectivity index (χ1) is 33.6. The minimum absolute atomic E-state index is 0. The molecule has 3 aliphatic rings. The second-order valence-electron chi connectivity index (χ2n) is 17.7. The van der Waals surface area contributed by atoms with Crippen molar-refractivity contribution in [3.63, 3.8) is 0 Å². The van der Waals surface area contributed by atoms with Crippen molar-refractivity contribution in [3.05, 3.63) is 118 Å². The van der Waals surface area contributed by atoms with Gasteiger partial charge in [-0.2, -0.15) is 0 Å². The number of ether oxygens (including phenoxy) is 2. The average Bonchev–Trinajstić information content (AvgIpc) is 4.33. The van der Waals surface area contributed by atoms with Crippen LogP contribution < -0.4 is 21.3 Å². The minimum atomic E-state index is -1.83. The Balaban J connectivity index is 0.000000264. The van der Waals surface area contributed by atoms with Crippen molar-refractivity contribution in [1.29, 1.82) is 0 Å². The molecule has 17 heteroatoms. The highest BCUT2D eigenvalue weighted by molar-refractivity contribution is 6.15. The number of benzene rings is 2. The minimum Gasteiger partial charge on any atom is -0.467 e. The molecule has 2 saturated carbocycles. The number of carbonyl (C=O) groups is 6. The Kier molecular flexibility index (Phi) is 19.6. The summed E-state index contributed by atoms with van der Waals surface area (Å²) >= 11 is 0. The van der Waals surface area contributed by atoms with Crippen LogP contribution in [0, 0.1) is 23.7 Å². The predicted octanol–water partition coefficient (Wildman–Crippen LogP) is 4.33. The van der Waals surface area contributed by atoms with Crippen LogP contribution in [0.4, 0.5) is 0 Å². The lowest BCUT2D eigenvalue weighted by Crippen LogP contribution is -2.62. The fraction of sp³-hybridized carbons (Fsp3) is 0.444. The van der Waals surface area contributed by atoms with Crippen molar-refractivity contribution in [2.24, 2.45) is 0 Å². The van der Waals surface area contributed by atoms with E-state index in [-0.39, 0.29) is 19.6 Å². The number of aliphatic hydroxyl groups is 1. The van der Waals surface area contributed by atoms with Gasteiger partial charge in [0.2, 0.25) is 0 Å². The third-order valence-electron chi connectivity index (χ3n) is 12.6. The molecule has 17 nitrogen and oxygen atoms in total. The van der Waals surface area contributed by atoms with Gasteiger partial charge in [0.15, 0.2) is 28.9 Å². The van der Waals surface area contributed by atoms with Gasteiger partial charge in [-0.25, -0.2) is 0 Å². The summed E-state index contributed by atoms with van der Waals surface area (Å²) in [4.78, 5) is 78.9. The molecule has 2 aromatic carbocycles. The van der Waals surface area contributed by atoms with Gasteiger partial charge in [-0.15, -0.1) is 0 Å². The number of ketones is 2. The first-order valence-corrected chi connectivity index (χ1v) is 23.4. The summed E-state index contributed by atoms with van der Waals surface area (Å²) in [5.74, 6) is 10.3. The van der Waals surface area contributed by atoms with Crippen LogP contribution in [0.5, 0.6) is 0 Å². The quantitative estimate of drug-likeness (QED) is 0.0694. The van der Waals surface area contributed by atoms with E-state index in [1.807, 2.05) is 12.1 Å². The lowest BCUT2D eigenvalue weighted by atomic mass is 9.92. The van der Waals surface area contributed by atoms with Crippen molar-refractivity contribution < 1.29 is 52.2 Å². The number of carbonyl (C=O) groups excluding carboxylic acids is 6. The molecule has 5 N–H and O–H groups in total. The zero-order valence-corrected chi connectivity index (χ0v) is 40.6. The standard InChI is InChI=1S/C29H35N3O6.C24H27N3O5.CH4/c1-29(28(35)30-2,25(33)19-38-26-6-4-5-15-36-26)32(3)27(34)22-11-9-20(10-12-22)7-8-21-16-24(37-18-21)17-31-23-13-14-23;1-24(21(29)14-28,23(31)25-2)27(3)22(30)18-8-6-16(7-9-18)4-5-17-12-20(32-15-17)13-26-19-10-11-19;/h9-12,16,18,23,26,31H,4-6,13-15,17,19H2,1-3H3,(H,30,35);6-9,12,15,19,26,28H,10-11,13-14H2,1-3H3,(H,25,31);1H4/t26?,29-;24-;/m11./s1. The van der Waals surface area contributed by atoms with Gasteiger partial charge < -0.3 is 54.5 Å². The first kappa shape index (κ1) is 55.1. The second-order valence-corrected chi connectivity index (χ2v) is 17.7. The topological polar surface area (TPSA) is 222 Å². The average molecular weight is 975 g/mol. The monoisotopic (exact) mass is 974 g/mol. The molecule has 3 fully saturated rings. The van der Waals surface area contributed by atoms with Crippen LogP contribution in [0.25, 0.3) is 0 Å². The molecule has 71 heavy (non-hydrogen) atoms. The van der Waals surface area contributed by atoms with E-state index in [1.54, 1.807) is 61.1 Å². The fourth-order valence-corrected chi connectivity index (χ4v) is 7.34. The maximum Gasteiger partial charge on any atom is 0.254 e. The summed E-state index contributed by atoms with van der Waals surface area (Å²) in [5.41, 5.74) is -0.0132. The number of furan rings is 2. The van der Waals surface area contributed by atoms with Crippen LogP contribution in [0.1, 0.15) is 121 Å². The highest BCUT2D eigenvalue weighted by atomic mass is 16.7. The maximum absolute atomic E-state index is 13.3. The number of hydrogen-bond donors (Lipinski definition) is 5. The summed E-state index contributed by atoms with van der Waals surface area (Å²) in [6.45, 7) is 3.48. The highest BCUT2D eigenvalue weighted by Crippen LogP contribution is 2.24. The normalized spacial score (nSPS) is 16.5. The number of nitrogens with one attached hydrogen (secondary N) is 4. The lowest BCUT2D eigenvalue weighted by Gasteiger charge is -2.36. The van der Waals surface area contributed by atoms with Crippen LogP contribution in [-0.4, -0.2) is 128 Å². The van der Waals surface area contributed by atoms with E-state index >= 15 is 0 Å². The van der Waals surface area contributed by atoms with Crippen molar-refractivity contribution in [3.8, 4) is 23.7 Å². The summed E-state index contributed by atoms with van der Waals surface area (Å²) in [6, 6.07) is 18.3. The number of amides is 4. The molecular weight excluding hydrogens is 909 g/mol. The van der Waals surface area contributed by atoms with E-state index in [0.29, 0.717) is 54.9 Å². The maximum atomic E-state index is 13.3. The number of aliphatic hydroxyl groups excluding tert-OH is 1. The summed E-state index contributed by atoms with van der Waals surface area (Å²) in [7, 11) is 5.59. The van der Waals surface area contributed by atoms with Gasteiger partial charge in [0.05, 0.1) is 24.2 Å². The van der Waals surface area contributed by atoms with Crippen LogP contribution in [0.3, 0.4) is 0 Å². The SMILES string of the molecule is C.CNC(=O)[C@@](C)(C(=O)CO)N(C)C(=O)c1ccc(C#Cc2coc(CNC3CC3)c2)cc1.CNC(=O)[C@@](C)(C(=O)COC1CCCCO1)N(C)C(=O)c1ccc(C#Cc2coc(CNC3CC3)c2)cc1. The van der Waals surface area contributed by atoms with Gasteiger partial charge in [0.25, 0.3) is 23.6 Å². The van der Waals surface area contributed by atoms with E-state index in [0.717, 1.165) is 45.3 Å². The largest absolute Gasteiger partial charge is 0.467 e. The molecule has 1 unspecified atom stereocenters. The number of rotatable bonds is 18. The molecule has 0 bridgehead atoms. The Morgan fingerprint density at radius 1 is 0.648 bits per heavy atom. The van der Waals surface area contributed by atoms with Crippen molar-refractivity contribution >= 4 is 35.2 Å². The number of likely N-dealkylation sites (N-methyl/N-ethyl adjacent to an activating group) is 4. The van der Waals surface area contributed by atoms with Crippen LogP contribution in [-0.2, 0) is 41.7 Å². The number of nitrogens with zero attached hydrogens (tertiary/aromatic N) is 2. The molecule has 1 saturated heterocycles. The van der Waals surface area contributed by atoms with Crippen LogP contribution >= 0.6 is 0 Å². The van der Waals surface area contributed by atoms with E-state index in [1.165, 1.54) is 67.7 Å². The molecule has 0 radical (unpaired) electrons. The first-order valence-electron chi connectivity index (χ1n) is 23.4. The van der Waals surface area contributed by atoms with Gasteiger partial charge in [-0.3, -0.25) is 28.8 Å². The molecule has 2 aromatic heterocycles. The highest BCUT2D eigenvalue weighted by Gasteiger charge is 2.47. The second kappa shape index (κ2) is 25.3. The zero-order valence-electron chi connectivity index (χ0n) is 40.6. The van der Waals surface area contributed by atoms with Gasteiger partial charge in [0, 0.05) is 69.1 Å². The van der Waals surface area contributed by atoms with E-state index in [2.05, 4.69) is 44.9 Å². The van der Waals surface area contributed by atoms with Gasteiger partial charge in [-0.05, 0) is 119 Å². The summed E-state index contributed by atoms with van der Waals surface area (Å²) in [6.07, 6.45) is 10.2. The summed E-state index contributed by atoms with van der Waals surface area (Å²) in [5, 5.41) is 20.9. The molecule has 7 rings (SSSR count). The Bertz CT molecular complexity index is 2600. The smallest absolute Gasteiger partial charge is 0.254 e. The zero-order chi connectivity index (χ0) is 50.4. The van der Waals surface area contributed by atoms with E-state index in [4.69, 9.17) is 18.3 Å². The molecule has 3 heterocycles. The predicted molar refractivity (Wildman–Crippen MR) is 264 cm³/mol. The van der Waals surface area contributed by atoms with Gasteiger partial charge >= 0.3 is 0 Å². The molecule has 1 aliphatic heterocycles. The Labute approximate surface area is 415 Å². The molecule has 378 valence electrons. The number of hydrogen-bond acceptors (Lipinski definition) is 13. The van der Waals surface area contributed by atoms with E-state index in [9.17, 15) is 33.9 Å². The van der Waals surface area contributed by atoms with Gasteiger partial charge in [0.1, 0.15) is 37.3 Å². The van der Waals surface area contributed by atoms with Crippen molar-refractivity contribution in [1.82, 2.24) is 31.1 Å². The van der Waals surface area contributed by atoms with Crippen LogP contribution in [0.2, 0.25) is 0 Å². The van der Waals surface area contributed by atoms with Gasteiger partial charge in [-0.1, -0.05) is 31.1 Å². The molecule has 4 amide bonds. The Hall–Kier alpha value is -6.86. The Morgan fingerprint density at radius 3 is 1.45 bits per heavy atom.